The summed E-state index contributed by atoms with van der Waals surface area (Å²) in [6.45, 7) is 1.06. The molecule has 0 aromatic heterocycles. The minimum Gasteiger partial charge on any atom is -0.484 e. The van der Waals surface area contributed by atoms with Crippen molar-refractivity contribution in [2.45, 2.75) is 4.90 Å². The summed E-state index contributed by atoms with van der Waals surface area (Å²) in [5.74, 6) is 0.470. The quantitative estimate of drug-likeness (QED) is 0.605. The third-order valence-corrected chi connectivity index (χ3v) is 7.29. The summed E-state index contributed by atoms with van der Waals surface area (Å²) in [7, 11) is -3.60. The zero-order chi connectivity index (χ0) is 21.1. The third-order valence-electron chi connectivity index (χ3n) is 5.13. The van der Waals surface area contributed by atoms with Crippen molar-refractivity contribution < 1.29 is 17.9 Å². The first-order valence-corrected chi connectivity index (χ1v) is 11.4. The number of hydrogen-bond donors (Lipinski definition) is 0. The van der Waals surface area contributed by atoms with Gasteiger partial charge in [-0.25, -0.2) is 8.42 Å². The molecule has 0 unspecified atom stereocenters. The van der Waals surface area contributed by atoms with Crippen molar-refractivity contribution in [1.82, 2.24) is 9.21 Å². The number of sulfonamides is 1. The van der Waals surface area contributed by atoms with E-state index in [-0.39, 0.29) is 30.5 Å². The predicted molar refractivity (Wildman–Crippen MR) is 116 cm³/mol. The maximum atomic E-state index is 12.7. The van der Waals surface area contributed by atoms with Crippen molar-refractivity contribution in [3.8, 4) is 5.75 Å². The fourth-order valence-corrected chi connectivity index (χ4v) is 4.98. The molecule has 1 amide bonds. The summed E-state index contributed by atoms with van der Waals surface area (Å²) >= 11 is 5.84. The van der Waals surface area contributed by atoms with Crippen molar-refractivity contribution in [3.05, 3.63) is 71.8 Å². The summed E-state index contributed by atoms with van der Waals surface area (Å²) in [6, 6.07) is 19.7. The van der Waals surface area contributed by atoms with Crippen molar-refractivity contribution in [3.63, 3.8) is 0 Å². The van der Waals surface area contributed by atoms with Crippen molar-refractivity contribution in [1.29, 1.82) is 0 Å². The Morgan fingerprint density at radius 1 is 0.900 bits per heavy atom. The minimum absolute atomic E-state index is 0.0811. The number of carbonyl (C=O) groups is 1. The first-order valence-electron chi connectivity index (χ1n) is 9.58. The van der Waals surface area contributed by atoms with Crippen LogP contribution in [0.1, 0.15) is 0 Å². The van der Waals surface area contributed by atoms with Gasteiger partial charge in [-0.15, -0.1) is 0 Å². The lowest BCUT2D eigenvalue weighted by molar-refractivity contribution is -0.134. The second kappa shape index (κ2) is 8.63. The number of amides is 1. The molecule has 6 nitrogen and oxygen atoms in total. The summed E-state index contributed by atoms with van der Waals surface area (Å²) in [5, 5.41) is 2.63. The average molecular weight is 445 g/mol. The molecule has 156 valence electrons. The Labute approximate surface area is 180 Å². The lowest BCUT2D eigenvalue weighted by Crippen LogP contribution is -2.51. The fourth-order valence-electron chi connectivity index (χ4n) is 3.43. The molecule has 0 radical (unpaired) electrons. The molecule has 0 N–H and O–H groups in total. The summed E-state index contributed by atoms with van der Waals surface area (Å²) in [6.07, 6.45) is 0. The second-order valence-electron chi connectivity index (χ2n) is 7.04. The molecule has 1 fully saturated rings. The monoisotopic (exact) mass is 444 g/mol. The van der Waals surface area contributed by atoms with Crippen LogP contribution in [-0.2, 0) is 14.8 Å². The standard InChI is InChI=1S/C22H21ClN2O4S/c23-19-6-9-21(10-7-19)30(27,28)25-13-11-24(12-14-25)22(26)16-29-20-8-5-17-3-1-2-4-18(17)15-20/h1-10,15H,11-14,16H2. The molecule has 3 aromatic carbocycles. The maximum absolute atomic E-state index is 12.7. The van der Waals surface area contributed by atoms with Gasteiger partial charge in [-0.1, -0.05) is 41.9 Å². The van der Waals surface area contributed by atoms with Gasteiger partial charge in [0.2, 0.25) is 10.0 Å². The van der Waals surface area contributed by atoms with Crippen LogP contribution < -0.4 is 4.74 Å². The first kappa shape index (κ1) is 20.7. The molecule has 1 aliphatic rings. The van der Waals surface area contributed by atoms with E-state index >= 15 is 0 Å². The Morgan fingerprint density at radius 2 is 1.57 bits per heavy atom. The molecular formula is C22H21ClN2O4S. The van der Waals surface area contributed by atoms with Gasteiger partial charge < -0.3 is 9.64 Å². The number of piperazine rings is 1. The molecule has 0 atom stereocenters. The number of ether oxygens (including phenoxy) is 1. The van der Waals surface area contributed by atoms with E-state index in [1.165, 1.54) is 16.4 Å². The maximum Gasteiger partial charge on any atom is 0.260 e. The van der Waals surface area contributed by atoms with Gasteiger partial charge in [-0.05, 0) is 47.2 Å². The molecule has 0 aliphatic carbocycles. The van der Waals surface area contributed by atoms with Gasteiger partial charge in [0.05, 0.1) is 4.90 Å². The highest BCUT2D eigenvalue weighted by atomic mass is 35.5. The molecular weight excluding hydrogens is 424 g/mol. The Morgan fingerprint density at radius 3 is 2.27 bits per heavy atom. The van der Waals surface area contributed by atoms with Gasteiger partial charge in [0.25, 0.3) is 5.91 Å². The number of hydrogen-bond acceptors (Lipinski definition) is 4. The Hall–Kier alpha value is -2.61. The van der Waals surface area contributed by atoms with Crippen molar-refractivity contribution in [2.75, 3.05) is 32.8 Å². The van der Waals surface area contributed by atoms with Crippen LogP contribution >= 0.6 is 11.6 Å². The molecule has 8 heteroatoms. The molecule has 1 heterocycles. The third kappa shape index (κ3) is 4.43. The van der Waals surface area contributed by atoms with E-state index in [4.69, 9.17) is 16.3 Å². The number of nitrogens with zero attached hydrogens (tertiary/aromatic N) is 2. The topological polar surface area (TPSA) is 66.9 Å². The normalized spacial score (nSPS) is 15.3. The van der Waals surface area contributed by atoms with E-state index < -0.39 is 10.0 Å². The fraction of sp³-hybridized carbons (Fsp3) is 0.227. The smallest absolute Gasteiger partial charge is 0.260 e. The van der Waals surface area contributed by atoms with E-state index in [1.807, 2.05) is 42.5 Å². The van der Waals surface area contributed by atoms with Gasteiger partial charge in [0.15, 0.2) is 6.61 Å². The zero-order valence-electron chi connectivity index (χ0n) is 16.2. The molecule has 0 spiro atoms. The predicted octanol–water partition coefficient (Wildman–Crippen LogP) is 3.41. The lowest BCUT2D eigenvalue weighted by atomic mass is 10.1. The largest absolute Gasteiger partial charge is 0.484 e. The van der Waals surface area contributed by atoms with Crippen LogP contribution in [0.5, 0.6) is 5.75 Å². The highest BCUT2D eigenvalue weighted by molar-refractivity contribution is 7.89. The van der Waals surface area contributed by atoms with Crippen LogP contribution in [0, 0.1) is 0 Å². The summed E-state index contributed by atoms with van der Waals surface area (Å²) in [4.78, 5) is 14.4. The van der Waals surface area contributed by atoms with Crippen molar-refractivity contribution >= 4 is 38.3 Å². The van der Waals surface area contributed by atoms with Crippen molar-refractivity contribution in [2.24, 2.45) is 0 Å². The van der Waals surface area contributed by atoms with Crippen LogP contribution in [-0.4, -0.2) is 56.3 Å². The molecule has 4 rings (SSSR count). The van der Waals surface area contributed by atoms with Gasteiger partial charge >= 0.3 is 0 Å². The molecule has 0 saturated carbocycles. The Bertz CT molecular complexity index is 1160. The Kier molecular flexibility index (Phi) is 5.94. The Balaban J connectivity index is 1.33. The number of fused-ring (bicyclic) bond motifs is 1. The first-order chi connectivity index (χ1) is 14.4. The molecule has 30 heavy (non-hydrogen) atoms. The highest BCUT2D eigenvalue weighted by Crippen LogP contribution is 2.22. The number of benzene rings is 3. The summed E-state index contributed by atoms with van der Waals surface area (Å²) < 4.78 is 32.6. The number of carbonyl (C=O) groups excluding carboxylic acids is 1. The average Bonchev–Trinajstić information content (AvgIpc) is 2.77. The second-order valence-corrected chi connectivity index (χ2v) is 9.41. The van der Waals surface area contributed by atoms with E-state index in [0.717, 1.165) is 10.8 Å². The number of halogens is 1. The van der Waals surface area contributed by atoms with Crippen LogP contribution in [0.4, 0.5) is 0 Å². The molecule has 1 aliphatic heterocycles. The molecule has 1 saturated heterocycles. The SMILES string of the molecule is O=C(COc1ccc2ccccc2c1)N1CCN(S(=O)(=O)c2ccc(Cl)cc2)CC1. The van der Waals surface area contributed by atoms with E-state index in [9.17, 15) is 13.2 Å². The van der Waals surface area contributed by atoms with Crippen LogP contribution in [0.3, 0.4) is 0 Å². The zero-order valence-corrected chi connectivity index (χ0v) is 17.8. The van der Waals surface area contributed by atoms with Gasteiger partial charge in [0, 0.05) is 31.2 Å². The minimum atomic E-state index is -3.60. The summed E-state index contributed by atoms with van der Waals surface area (Å²) in [5.41, 5.74) is 0. The lowest BCUT2D eigenvalue weighted by Gasteiger charge is -2.34. The van der Waals surface area contributed by atoms with Crippen LogP contribution in [0.25, 0.3) is 10.8 Å². The van der Waals surface area contributed by atoms with Gasteiger partial charge in [-0.2, -0.15) is 4.31 Å². The highest BCUT2D eigenvalue weighted by Gasteiger charge is 2.30. The van der Waals surface area contributed by atoms with Crippen LogP contribution in [0.15, 0.2) is 71.6 Å². The van der Waals surface area contributed by atoms with E-state index in [1.54, 1.807) is 17.0 Å². The molecule has 0 bridgehead atoms. The number of rotatable bonds is 5. The van der Waals surface area contributed by atoms with E-state index in [0.29, 0.717) is 23.9 Å². The van der Waals surface area contributed by atoms with Gasteiger partial charge in [-0.3, -0.25) is 4.79 Å². The molecule has 3 aromatic rings. The van der Waals surface area contributed by atoms with Gasteiger partial charge in [0.1, 0.15) is 5.75 Å². The van der Waals surface area contributed by atoms with E-state index in [2.05, 4.69) is 0 Å². The van der Waals surface area contributed by atoms with Crippen LogP contribution in [0.2, 0.25) is 5.02 Å².